The van der Waals surface area contributed by atoms with Gasteiger partial charge in [0.25, 0.3) is 0 Å². The van der Waals surface area contributed by atoms with E-state index in [-0.39, 0.29) is 15.8 Å². The molecule has 3 nitrogen and oxygen atoms in total. The number of alkyl halides is 3. The Labute approximate surface area is 148 Å². The van der Waals surface area contributed by atoms with Gasteiger partial charge in [0, 0.05) is 4.90 Å². The number of hydrogen-bond acceptors (Lipinski definition) is 3. The normalized spacial score (nSPS) is 15.5. The molecule has 24 heavy (non-hydrogen) atoms. The maximum atomic E-state index is 12.9. The van der Waals surface area contributed by atoms with Crippen LogP contribution in [0.4, 0.5) is 13.2 Å². The van der Waals surface area contributed by atoms with E-state index in [1.165, 1.54) is 6.07 Å². The third-order valence-corrected chi connectivity index (χ3v) is 5.12. The molecule has 0 aromatic heterocycles. The second-order valence-electron chi connectivity index (χ2n) is 5.86. The zero-order valence-corrected chi connectivity index (χ0v) is 15.2. The van der Waals surface area contributed by atoms with Crippen molar-refractivity contribution in [1.82, 2.24) is 5.32 Å². The first-order valence-electron chi connectivity index (χ1n) is 7.17. The molecule has 1 aromatic rings. The van der Waals surface area contributed by atoms with Gasteiger partial charge < -0.3 is 5.32 Å². The maximum Gasteiger partial charge on any atom is 0.417 e. The minimum Gasteiger partial charge on any atom is -0.337 e. The first kappa shape index (κ1) is 20.7. The van der Waals surface area contributed by atoms with E-state index in [2.05, 4.69) is 11.4 Å². The molecule has 0 saturated heterocycles. The fourth-order valence-corrected chi connectivity index (χ4v) is 2.84. The SMILES string of the molecule is CC(C)[C@@](C)(C#N)NC(=O)[C@H](C)Sc1ccc(Cl)c(C(F)(F)F)c1. The van der Waals surface area contributed by atoms with Gasteiger partial charge in [0.2, 0.25) is 5.91 Å². The maximum absolute atomic E-state index is 12.9. The molecule has 1 aromatic carbocycles. The predicted molar refractivity (Wildman–Crippen MR) is 88.8 cm³/mol. The fraction of sp³-hybridized carbons (Fsp3) is 0.500. The molecule has 0 aliphatic carbocycles. The molecule has 0 radical (unpaired) electrons. The smallest absolute Gasteiger partial charge is 0.337 e. The number of nitrogens with zero attached hydrogens (tertiary/aromatic N) is 1. The lowest BCUT2D eigenvalue weighted by Gasteiger charge is -2.28. The molecule has 1 amide bonds. The minimum atomic E-state index is -4.56. The molecule has 0 spiro atoms. The van der Waals surface area contributed by atoms with Gasteiger partial charge in [-0.1, -0.05) is 25.4 Å². The van der Waals surface area contributed by atoms with Gasteiger partial charge in [0.1, 0.15) is 5.54 Å². The monoisotopic (exact) mass is 378 g/mol. The lowest BCUT2D eigenvalue weighted by molar-refractivity contribution is -0.137. The van der Waals surface area contributed by atoms with Gasteiger partial charge in [-0.3, -0.25) is 4.79 Å². The first-order chi connectivity index (χ1) is 10.9. The number of benzene rings is 1. The summed E-state index contributed by atoms with van der Waals surface area (Å²) in [6, 6.07) is 5.56. The second kappa shape index (κ2) is 7.66. The summed E-state index contributed by atoms with van der Waals surface area (Å²) in [6.07, 6.45) is -4.56. The zero-order valence-electron chi connectivity index (χ0n) is 13.7. The summed E-state index contributed by atoms with van der Waals surface area (Å²) in [5, 5.41) is 10.8. The molecular formula is C16H18ClF3N2OS. The van der Waals surface area contributed by atoms with Crippen LogP contribution in [0.5, 0.6) is 0 Å². The Morgan fingerprint density at radius 3 is 2.38 bits per heavy atom. The van der Waals surface area contributed by atoms with E-state index in [1.54, 1.807) is 27.7 Å². The van der Waals surface area contributed by atoms with Crippen molar-refractivity contribution in [3.05, 3.63) is 28.8 Å². The molecule has 8 heteroatoms. The molecule has 0 saturated carbocycles. The van der Waals surface area contributed by atoms with Crippen LogP contribution < -0.4 is 5.32 Å². The molecule has 0 aliphatic rings. The molecule has 0 fully saturated rings. The highest BCUT2D eigenvalue weighted by molar-refractivity contribution is 8.00. The van der Waals surface area contributed by atoms with Crippen LogP contribution in [0, 0.1) is 17.2 Å². The Hall–Kier alpha value is -1.39. The van der Waals surface area contributed by atoms with Crippen molar-refractivity contribution >= 4 is 29.3 Å². The van der Waals surface area contributed by atoms with Gasteiger partial charge >= 0.3 is 6.18 Å². The third kappa shape index (κ3) is 5.05. The third-order valence-electron chi connectivity index (χ3n) is 3.70. The van der Waals surface area contributed by atoms with Crippen molar-refractivity contribution in [1.29, 1.82) is 5.26 Å². The van der Waals surface area contributed by atoms with Crippen LogP contribution >= 0.6 is 23.4 Å². The molecule has 2 atom stereocenters. The second-order valence-corrected chi connectivity index (χ2v) is 7.68. The largest absolute Gasteiger partial charge is 0.417 e. The van der Waals surface area contributed by atoms with Gasteiger partial charge in [-0.2, -0.15) is 18.4 Å². The summed E-state index contributed by atoms with van der Waals surface area (Å²) in [4.78, 5) is 12.5. The molecule has 0 heterocycles. The molecular weight excluding hydrogens is 361 g/mol. The highest BCUT2D eigenvalue weighted by Gasteiger charge is 2.34. The molecule has 132 valence electrons. The summed E-state index contributed by atoms with van der Waals surface area (Å²) in [5.74, 6) is -0.530. The van der Waals surface area contributed by atoms with Gasteiger partial charge in [0.05, 0.1) is 21.9 Å². The number of amides is 1. The average molecular weight is 379 g/mol. The van der Waals surface area contributed by atoms with E-state index in [4.69, 9.17) is 11.6 Å². The summed E-state index contributed by atoms with van der Waals surface area (Å²) in [5.41, 5.74) is -1.98. The molecule has 1 rings (SSSR count). The van der Waals surface area contributed by atoms with E-state index in [9.17, 15) is 23.2 Å². The van der Waals surface area contributed by atoms with Gasteiger partial charge in [-0.15, -0.1) is 11.8 Å². The van der Waals surface area contributed by atoms with Crippen LogP contribution in [-0.2, 0) is 11.0 Å². The molecule has 0 aliphatic heterocycles. The highest BCUT2D eigenvalue weighted by Crippen LogP contribution is 2.37. The summed E-state index contributed by atoms with van der Waals surface area (Å²) < 4.78 is 38.6. The number of nitriles is 1. The van der Waals surface area contributed by atoms with Crippen LogP contribution in [-0.4, -0.2) is 16.7 Å². The van der Waals surface area contributed by atoms with Crippen LogP contribution in [0.15, 0.2) is 23.1 Å². The molecule has 1 N–H and O–H groups in total. The Kier molecular flexibility index (Phi) is 6.59. The fourth-order valence-electron chi connectivity index (χ4n) is 1.71. The summed E-state index contributed by atoms with van der Waals surface area (Å²) >= 11 is 6.55. The van der Waals surface area contributed by atoms with Crippen LogP contribution in [0.25, 0.3) is 0 Å². The van der Waals surface area contributed by atoms with Gasteiger partial charge in [-0.05, 0) is 38.0 Å². The molecule has 0 bridgehead atoms. The topological polar surface area (TPSA) is 52.9 Å². The predicted octanol–water partition coefficient (Wildman–Crippen LogP) is 4.89. The van der Waals surface area contributed by atoms with E-state index in [0.717, 1.165) is 23.9 Å². The van der Waals surface area contributed by atoms with Gasteiger partial charge in [-0.25, -0.2) is 0 Å². The first-order valence-corrected chi connectivity index (χ1v) is 8.43. The van der Waals surface area contributed by atoms with Crippen molar-refractivity contribution in [2.75, 3.05) is 0 Å². The van der Waals surface area contributed by atoms with Crippen LogP contribution in [0.1, 0.15) is 33.3 Å². The Morgan fingerprint density at radius 1 is 1.33 bits per heavy atom. The minimum absolute atomic E-state index is 0.115. The van der Waals surface area contributed by atoms with Gasteiger partial charge in [0.15, 0.2) is 0 Å². The standard InChI is InChI=1S/C16H18ClF3N2OS/c1-9(2)15(4,8-21)22-14(23)10(3)24-11-5-6-13(17)12(7-11)16(18,19)20/h5-7,9-10H,1-4H3,(H,22,23)/t10-,15+/m0/s1. The Balaban J connectivity index is 2.91. The Bertz CT molecular complexity index is 658. The number of hydrogen-bond donors (Lipinski definition) is 1. The lowest BCUT2D eigenvalue weighted by Crippen LogP contribution is -2.51. The number of rotatable bonds is 5. The number of nitrogens with one attached hydrogen (secondary N) is 1. The average Bonchev–Trinajstić information content (AvgIpc) is 2.47. The van der Waals surface area contributed by atoms with Crippen molar-refractivity contribution in [2.45, 2.75) is 49.6 Å². The van der Waals surface area contributed by atoms with E-state index >= 15 is 0 Å². The summed E-state index contributed by atoms with van der Waals surface area (Å²) in [6.45, 7) is 6.78. The van der Waals surface area contributed by atoms with E-state index in [0.29, 0.717) is 0 Å². The van der Waals surface area contributed by atoms with Crippen molar-refractivity contribution < 1.29 is 18.0 Å². The van der Waals surface area contributed by atoms with Crippen molar-refractivity contribution in [3.8, 4) is 6.07 Å². The number of thioether (sulfide) groups is 1. The highest BCUT2D eigenvalue weighted by atomic mass is 35.5. The number of carbonyl (C=O) groups excluding carboxylic acids is 1. The van der Waals surface area contributed by atoms with Crippen LogP contribution in [0.3, 0.4) is 0 Å². The number of halogens is 4. The van der Waals surface area contributed by atoms with E-state index in [1.807, 2.05) is 0 Å². The Morgan fingerprint density at radius 2 is 1.92 bits per heavy atom. The van der Waals surface area contributed by atoms with Crippen molar-refractivity contribution in [2.24, 2.45) is 5.92 Å². The lowest BCUT2D eigenvalue weighted by atomic mass is 9.90. The van der Waals surface area contributed by atoms with Crippen molar-refractivity contribution in [3.63, 3.8) is 0 Å². The summed E-state index contributed by atoms with van der Waals surface area (Å²) in [7, 11) is 0. The molecule has 0 unspecified atom stereocenters. The zero-order chi connectivity index (χ0) is 18.7. The van der Waals surface area contributed by atoms with E-state index < -0.39 is 28.4 Å². The van der Waals surface area contributed by atoms with Crippen LogP contribution in [0.2, 0.25) is 5.02 Å². The number of carbonyl (C=O) groups is 1. The quantitative estimate of drug-likeness (QED) is 0.742.